The highest BCUT2D eigenvalue weighted by Gasteiger charge is 2.41. The fraction of sp³-hybridized carbons (Fsp3) is 1.00. The lowest BCUT2D eigenvalue weighted by Crippen LogP contribution is -2.31. The van der Waals surface area contributed by atoms with Gasteiger partial charge in [0.1, 0.15) is 0 Å². The topological polar surface area (TPSA) is 54.4 Å². The van der Waals surface area contributed by atoms with Crippen molar-refractivity contribution in [2.75, 3.05) is 0 Å². The second-order valence-electron chi connectivity index (χ2n) is 1.65. The molecule has 62 valence electrons. The Kier molecular flexibility index (Phi) is 4.69. The van der Waals surface area contributed by atoms with Crippen molar-refractivity contribution >= 4 is 77.9 Å². The number of halogens is 3. The Bertz CT molecular complexity index is 207. The fourth-order valence-electron chi connectivity index (χ4n) is 0.205. The molecule has 0 aliphatic carbocycles. The van der Waals surface area contributed by atoms with Gasteiger partial charge in [0.2, 0.25) is 0.760 Å². The largest absolute Gasteiger partial charge is 0.290 e. The van der Waals surface area contributed by atoms with E-state index in [1.165, 1.54) is 0 Å². The van der Waals surface area contributed by atoms with Gasteiger partial charge >= 0.3 is 0 Å². The molecule has 0 heterocycles. The first-order valence-corrected chi connectivity index (χ1v) is 7.03. The molecule has 0 radical (unpaired) electrons. The molecule has 1 N–H and O–H groups in total. The number of hydrogen-bond donors (Lipinski definition) is 1. The van der Waals surface area contributed by atoms with Crippen LogP contribution in [0.25, 0.3) is 0 Å². The van der Waals surface area contributed by atoms with Crippen LogP contribution in [-0.2, 0) is 10.1 Å². The molecular weight excluding hydrogens is 497 g/mol. The van der Waals surface area contributed by atoms with Crippen LogP contribution < -0.4 is 0 Å². The van der Waals surface area contributed by atoms with E-state index in [0.29, 0.717) is 0 Å². The molecule has 0 aromatic carbocycles. The molecule has 7 heteroatoms. The van der Waals surface area contributed by atoms with E-state index in [4.69, 9.17) is 4.55 Å². The summed E-state index contributed by atoms with van der Waals surface area (Å²) in [4.78, 5) is 0. The van der Waals surface area contributed by atoms with Gasteiger partial charge in [-0.25, -0.2) is 0 Å². The summed E-state index contributed by atoms with van der Waals surface area (Å²) < 4.78 is 28.7. The Morgan fingerprint density at radius 2 is 1.80 bits per heavy atom. The first kappa shape index (κ1) is 12.1. The summed E-state index contributed by atoms with van der Waals surface area (Å²) in [6.07, 6.45) is 0. The Hall–Kier alpha value is 2.10. The molecule has 10 heavy (non-hydrogen) atoms. The van der Waals surface area contributed by atoms with Crippen molar-refractivity contribution in [3.8, 4) is 0 Å². The van der Waals surface area contributed by atoms with E-state index in [-0.39, 0.29) is 3.92 Å². The third-order valence-corrected chi connectivity index (χ3v) is 10.8. The average Bonchev–Trinajstić information content (AvgIpc) is 1.62. The third kappa shape index (κ3) is 2.86. The first-order valence-electron chi connectivity index (χ1n) is 2.18. The minimum Gasteiger partial charge on any atom is -0.284 e. The number of rotatable bonds is 2. The molecule has 0 saturated heterocycles. The third-order valence-electron chi connectivity index (χ3n) is 0.807. The molecule has 0 aliphatic heterocycles. The summed E-state index contributed by atoms with van der Waals surface area (Å²) >= 11 is 5.38. The summed E-state index contributed by atoms with van der Waals surface area (Å²) in [7, 11) is -3.94. The predicted octanol–water partition coefficient (Wildman–Crippen LogP) is 2.22. The molecule has 3 nitrogen and oxygen atoms in total. The Balaban J connectivity index is 4.76. The molecule has 0 aliphatic rings. The molecule has 0 spiro atoms. The van der Waals surface area contributed by atoms with Crippen molar-refractivity contribution in [1.82, 2.24) is 0 Å². The van der Waals surface area contributed by atoms with Crippen molar-refractivity contribution in [1.29, 1.82) is 0 Å². The van der Waals surface area contributed by atoms with E-state index in [9.17, 15) is 8.42 Å². The zero-order valence-corrected chi connectivity index (χ0v) is 12.2. The van der Waals surface area contributed by atoms with E-state index in [2.05, 4.69) is 0 Å². The molecule has 1 unspecified atom stereocenters. The molecular formula is C3H5I3O3S. The minimum atomic E-state index is -3.94. The van der Waals surface area contributed by atoms with Crippen LogP contribution in [0.5, 0.6) is 0 Å². The smallest absolute Gasteiger partial charge is 0.284 e. The van der Waals surface area contributed by atoms with Crippen LogP contribution in [0.1, 0.15) is 6.92 Å². The average molecular weight is 502 g/mol. The van der Waals surface area contributed by atoms with Gasteiger partial charge in [0, 0.05) is 3.92 Å². The van der Waals surface area contributed by atoms with Gasteiger partial charge in [-0.3, -0.25) is 4.55 Å². The van der Waals surface area contributed by atoms with Crippen LogP contribution in [-0.4, -0.2) is 17.7 Å². The van der Waals surface area contributed by atoms with Crippen molar-refractivity contribution in [2.45, 2.75) is 11.6 Å². The van der Waals surface area contributed by atoms with E-state index < -0.39 is 10.9 Å². The van der Waals surface area contributed by atoms with E-state index in [1.807, 2.05) is 22.6 Å². The molecule has 0 aromatic heterocycles. The quantitative estimate of drug-likeness (QED) is 0.359. The van der Waals surface area contributed by atoms with Gasteiger partial charge in [-0.05, 0) is 45.2 Å². The summed E-state index contributed by atoms with van der Waals surface area (Å²) in [5.74, 6) is 0. The number of hydrogen-bond acceptors (Lipinski definition) is 2. The Labute approximate surface area is 101 Å². The maximum absolute atomic E-state index is 10.6. The van der Waals surface area contributed by atoms with Crippen LogP contribution in [0.2, 0.25) is 0 Å². The SMILES string of the molecule is CC(I)C(I)(I)S(=O)(=O)O. The fourth-order valence-corrected chi connectivity index (χ4v) is 1.58. The summed E-state index contributed by atoms with van der Waals surface area (Å²) in [5.41, 5.74) is 0. The zero-order valence-electron chi connectivity index (χ0n) is 4.88. The highest BCUT2D eigenvalue weighted by Crippen LogP contribution is 2.40. The van der Waals surface area contributed by atoms with Crippen molar-refractivity contribution < 1.29 is 13.0 Å². The van der Waals surface area contributed by atoms with Gasteiger partial charge < -0.3 is 0 Å². The second kappa shape index (κ2) is 3.87. The van der Waals surface area contributed by atoms with Crippen LogP contribution in [0.15, 0.2) is 0 Å². The molecule has 0 amide bonds. The second-order valence-corrected chi connectivity index (χ2v) is 12.0. The molecule has 0 aromatic rings. The maximum Gasteiger partial charge on any atom is 0.290 e. The summed E-state index contributed by atoms with van der Waals surface area (Å²) in [5, 5.41) is 0. The molecule has 0 bridgehead atoms. The Morgan fingerprint density at radius 1 is 1.50 bits per heavy atom. The monoisotopic (exact) mass is 502 g/mol. The number of alkyl halides is 3. The normalized spacial score (nSPS) is 16.9. The van der Waals surface area contributed by atoms with Gasteiger partial charge in [0.15, 0.2) is 0 Å². The van der Waals surface area contributed by atoms with Crippen molar-refractivity contribution in [3.05, 3.63) is 0 Å². The highest BCUT2D eigenvalue weighted by molar-refractivity contribution is 14.2. The van der Waals surface area contributed by atoms with Gasteiger partial charge in [-0.1, -0.05) is 29.5 Å². The van der Waals surface area contributed by atoms with E-state index in [0.717, 1.165) is 0 Å². The van der Waals surface area contributed by atoms with Gasteiger partial charge in [-0.15, -0.1) is 0 Å². The lowest BCUT2D eigenvalue weighted by Gasteiger charge is -2.19. The maximum atomic E-state index is 10.6. The van der Waals surface area contributed by atoms with Crippen LogP contribution in [0.4, 0.5) is 0 Å². The highest BCUT2D eigenvalue weighted by atomic mass is 127. The van der Waals surface area contributed by atoms with Crippen molar-refractivity contribution in [2.24, 2.45) is 0 Å². The molecule has 0 saturated carbocycles. The zero-order chi connectivity index (χ0) is 8.58. The summed E-state index contributed by atoms with van der Waals surface area (Å²) in [6.45, 7) is 1.73. The van der Waals surface area contributed by atoms with Crippen LogP contribution in [0, 0.1) is 0 Å². The lowest BCUT2D eigenvalue weighted by molar-refractivity contribution is 0.480. The molecule has 0 fully saturated rings. The Morgan fingerprint density at radius 3 is 1.80 bits per heavy atom. The minimum absolute atomic E-state index is 0.138. The van der Waals surface area contributed by atoms with Crippen LogP contribution in [0.3, 0.4) is 0 Å². The van der Waals surface area contributed by atoms with Crippen LogP contribution >= 0.6 is 67.8 Å². The molecule has 0 rings (SSSR count). The lowest BCUT2D eigenvalue weighted by atomic mass is 10.6. The van der Waals surface area contributed by atoms with E-state index >= 15 is 0 Å². The van der Waals surface area contributed by atoms with Gasteiger partial charge in [-0.2, -0.15) is 8.42 Å². The molecule has 1 atom stereocenters. The van der Waals surface area contributed by atoms with Gasteiger partial charge in [0.25, 0.3) is 10.1 Å². The summed E-state index contributed by atoms with van der Waals surface area (Å²) in [6, 6.07) is 0. The predicted molar refractivity (Wildman–Crippen MR) is 65.8 cm³/mol. The standard InChI is InChI=1S/C3H5I3O3S/c1-2(4)3(5,6)10(7,8)9/h2H,1H3,(H,7,8,9). The first-order chi connectivity index (χ1) is 4.19. The van der Waals surface area contributed by atoms with Gasteiger partial charge in [0.05, 0.1) is 0 Å². The van der Waals surface area contributed by atoms with Crippen molar-refractivity contribution in [3.63, 3.8) is 0 Å². The van der Waals surface area contributed by atoms with E-state index in [1.54, 1.807) is 52.1 Å².